The molecular formula is C24H27N5O. The van der Waals surface area contributed by atoms with Gasteiger partial charge in [0, 0.05) is 42.2 Å². The van der Waals surface area contributed by atoms with Gasteiger partial charge in [-0.3, -0.25) is 10.2 Å². The molecule has 0 atom stereocenters. The number of hydrazine groups is 1. The van der Waals surface area contributed by atoms with Crippen LogP contribution in [-0.2, 0) is 17.8 Å². The van der Waals surface area contributed by atoms with Crippen molar-refractivity contribution in [3.8, 4) is 6.07 Å². The van der Waals surface area contributed by atoms with E-state index in [0.717, 1.165) is 25.1 Å². The number of hydrogen-bond acceptors (Lipinski definition) is 4. The fourth-order valence-electron chi connectivity index (χ4n) is 3.33. The average molecular weight is 402 g/mol. The Balaban J connectivity index is 1.42. The summed E-state index contributed by atoms with van der Waals surface area (Å²) in [6.45, 7) is 4.26. The van der Waals surface area contributed by atoms with Gasteiger partial charge in [-0.1, -0.05) is 42.5 Å². The Bertz CT molecular complexity index is 1040. The molecular weight excluding hydrogens is 374 g/mol. The molecule has 0 aliphatic carbocycles. The van der Waals surface area contributed by atoms with Gasteiger partial charge in [-0.2, -0.15) is 5.26 Å². The fraction of sp³-hybridized carbons (Fsp3) is 0.250. The third kappa shape index (κ3) is 6.05. The molecule has 154 valence electrons. The lowest BCUT2D eigenvalue weighted by Gasteiger charge is -2.06. The summed E-state index contributed by atoms with van der Waals surface area (Å²) in [6, 6.07) is 18.5. The Morgan fingerprint density at radius 3 is 2.73 bits per heavy atom. The number of benzene rings is 2. The highest BCUT2D eigenvalue weighted by molar-refractivity contribution is 5.91. The highest BCUT2D eigenvalue weighted by atomic mass is 16.2. The largest absolute Gasteiger partial charge is 0.358 e. The van der Waals surface area contributed by atoms with Crippen LogP contribution >= 0.6 is 0 Å². The molecule has 6 nitrogen and oxygen atoms in total. The smallest absolute Gasteiger partial charge is 0.258 e. The maximum Gasteiger partial charge on any atom is 0.258 e. The van der Waals surface area contributed by atoms with E-state index in [0.29, 0.717) is 13.0 Å². The van der Waals surface area contributed by atoms with Gasteiger partial charge in [0.15, 0.2) is 0 Å². The van der Waals surface area contributed by atoms with Crippen LogP contribution in [0, 0.1) is 18.3 Å². The zero-order valence-corrected chi connectivity index (χ0v) is 17.2. The highest BCUT2D eigenvalue weighted by Gasteiger charge is 2.07. The SMILES string of the molecule is Cc1[nH]c2ccccc2c1CCNCc1ccc(/C=C/C(=O)NNCCC#N)cc1. The number of nitriles is 1. The van der Waals surface area contributed by atoms with Crippen LogP contribution < -0.4 is 16.2 Å². The first-order valence-corrected chi connectivity index (χ1v) is 10.1. The van der Waals surface area contributed by atoms with Crippen LogP contribution in [0.3, 0.4) is 0 Å². The molecule has 0 fully saturated rings. The van der Waals surface area contributed by atoms with Crippen LogP contribution in [0.5, 0.6) is 0 Å². The molecule has 0 unspecified atom stereocenters. The summed E-state index contributed by atoms with van der Waals surface area (Å²) >= 11 is 0. The summed E-state index contributed by atoms with van der Waals surface area (Å²) in [5, 5.41) is 13.3. The number of nitrogens with one attached hydrogen (secondary N) is 4. The zero-order chi connectivity index (χ0) is 21.2. The second kappa shape index (κ2) is 11.0. The number of aromatic nitrogens is 1. The number of carbonyl (C=O) groups excluding carboxylic acids is 1. The van der Waals surface area contributed by atoms with Crippen molar-refractivity contribution in [1.82, 2.24) is 21.2 Å². The number of aromatic amines is 1. The Hall–Kier alpha value is -3.40. The summed E-state index contributed by atoms with van der Waals surface area (Å²) in [6.07, 6.45) is 4.56. The standard InChI is InChI=1S/C24H27N5O/c1-18-21(22-5-2-3-6-23(22)28-18)13-16-26-17-20-9-7-19(8-10-20)11-12-24(30)29-27-15-4-14-25/h2-3,5-12,26-28H,4,13,15-17H2,1H3,(H,29,30)/b12-11+. The van der Waals surface area contributed by atoms with Crippen LogP contribution in [0.1, 0.15) is 28.8 Å². The predicted octanol–water partition coefficient (Wildman–Crippen LogP) is 3.36. The molecule has 6 heteroatoms. The van der Waals surface area contributed by atoms with Gasteiger partial charge in [0.1, 0.15) is 0 Å². The Kier molecular flexibility index (Phi) is 7.78. The molecule has 0 bridgehead atoms. The normalized spacial score (nSPS) is 11.1. The lowest BCUT2D eigenvalue weighted by molar-refractivity contribution is -0.117. The molecule has 0 spiro atoms. The van der Waals surface area contributed by atoms with Crippen LogP contribution in [0.25, 0.3) is 17.0 Å². The molecule has 3 rings (SSSR count). The van der Waals surface area contributed by atoms with E-state index in [1.54, 1.807) is 6.08 Å². The number of H-pyrrole nitrogens is 1. The minimum absolute atomic E-state index is 0.244. The Morgan fingerprint density at radius 1 is 1.13 bits per heavy atom. The monoisotopic (exact) mass is 401 g/mol. The van der Waals surface area contributed by atoms with Gasteiger partial charge < -0.3 is 10.3 Å². The molecule has 0 aliphatic rings. The summed E-state index contributed by atoms with van der Waals surface area (Å²) in [4.78, 5) is 15.1. The van der Waals surface area contributed by atoms with E-state index in [-0.39, 0.29) is 5.91 Å². The van der Waals surface area contributed by atoms with E-state index in [9.17, 15) is 4.79 Å². The first kappa shape index (κ1) is 21.3. The van der Waals surface area contributed by atoms with Crippen LogP contribution in [0.4, 0.5) is 0 Å². The molecule has 4 N–H and O–H groups in total. The van der Waals surface area contributed by atoms with Gasteiger partial charge in [-0.25, -0.2) is 5.43 Å². The van der Waals surface area contributed by atoms with Crippen molar-refractivity contribution in [2.45, 2.75) is 26.3 Å². The third-order valence-electron chi connectivity index (χ3n) is 4.89. The van der Waals surface area contributed by atoms with Crippen LogP contribution in [0.2, 0.25) is 0 Å². The minimum atomic E-state index is -0.244. The molecule has 1 amide bonds. The maximum absolute atomic E-state index is 11.7. The lowest BCUT2D eigenvalue weighted by atomic mass is 10.1. The van der Waals surface area contributed by atoms with Crippen molar-refractivity contribution in [1.29, 1.82) is 5.26 Å². The van der Waals surface area contributed by atoms with E-state index in [4.69, 9.17) is 5.26 Å². The van der Waals surface area contributed by atoms with Crippen molar-refractivity contribution in [3.63, 3.8) is 0 Å². The topological polar surface area (TPSA) is 92.7 Å². The van der Waals surface area contributed by atoms with E-state index >= 15 is 0 Å². The molecule has 0 radical (unpaired) electrons. The molecule has 0 saturated carbocycles. The summed E-state index contributed by atoms with van der Waals surface area (Å²) in [5.41, 5.74) is 11.2. The van der Waals surface area contributed by atoms with Gasteiger partial charge in [0.25, 0.3) is 5.91 Å². The third-order valence-corrected chi connectivity index (χ3v) is 4.89. The minimum Gasteiger partial charge on any atom is -0.358 e. The maximum atomic E-state index is 11.7. The molecule has 1 heterocycles. The van der Waals surface area contributed by atoms with E-state index in [2.05, 4.69) is 64.5 Å². The zero-order valence-electron chi connectivity index (χ0n) is 17.2. The Morgan fingerprint density at radius 2 is 1.93 bits per heavy atom. The summed E-state index contributed by atoms with van der Waals surface area (Å²) in [5.74, 6) is -0.244. The van der Waals surface area contributed by atoms with E-state index in [1.165, 1.54) is 33.8 Å². The second-order valence-corrected chi connectivity index (χ2v) is 7.10. The summed E-state index contributed by atoms with van der Waals surface area (Å²) < 4.78 is 0. The number of aryl methyl sites for hydroxylation is 1. The summed E-state index contributed by atoms with van der Waals surface area (Å²) in [7, 11) is 0. The van der Waals surface area contributed by atoms with Gasteiger partial charge in [0.05, 0.1) is 6.07 Å². The number of amides is 1. The number of hydrogen-bond donors (Lipinski definition) is 4. The molecule has 0 saturated heterocycles. The van der Waals surface area contributed by atoms with Crippen LogP contribution in [-0.4, -0.2) is 24.0 Å². The number of nitrogens with zero attached hydrogens (tertiary/aromatic N) is 1. The molecule has 3 aromatic rings. The fourth-order valence-corrected chi connectivity index (χ4v) is 3.33. The highest BCUT2D eigenvalue weighted by Crippen LogP contribution is 2.21. The molecule has 0 aliphatic heterocycles. The van der Waals surface area contributed by atoms with Gasteiger partial charge in [0.2, 0.25) is 0 Å². The second-order valence-electron chi connectivity index (χ2n) is 7.10. The van der Waals surface area contributed by atoms with Crippen molar-refractivity contribution < 1.29 is 4.79 Å². The van der Waals surface area contributed by atoms with E-state index in [1.807, 2.05) is 18.2 Å². The first-order chi connectivity index (χ1) is 14.7. The number of para-hydroxylation sites is 1. The predicted molar refractivity (Wildman–Crippen MR) is 120 cm³/mol. The molecule has 30 heavy (non-hydrogen) atoms. The van der Waals surface area contributed by atoms with Gasteiger partial charge in [-0.05, 0) is 48.7 Å². The average Bonchev–Trinajstić information content (AvgIpc) is 3.08. The van der Waals surface area contributed by atoms with Crippen molar-refractivity contribution in [3.05, 3.63) is 77.0 Å². The van der Waals surface area contributed by atoms with Crippen LogP contribution in [0.15, 0.2) is 54.6 Å². The Labute approximate surface area is 177 Å². The van der Waals surface area contributed by atoms with Crippen molar-refractivity contribution in [2.24, 2.45) is 0 Å². The molecule has 1 aromatic heterocycles. The van der Waals surface area contributed by atoms with E-state index < -0.39 is 0 Å². The number of rotatable bonds is 10. The number of fused-ring (bicyclic) bond motifs is 1. The lowest BCUT2D eigenvalue weighted by Crippen LogP contribution is -2.36. The molecule has 2 aromatic carbocycles. The quantitative estimate of drug-likeness (QED) is 0.238. The van der Waals surface area contributed by atoms with Gasteiger partial charge in [-0.15, -0.1) is 0 Å². The van der Waals surface area contributed by atoms with Gasteiger partial charge >= 0.3 is 0 Å². The first-order valence-electron chi connectivity index (χ1n) is 10.1. The van der Waals surface area contributed by atoms with Crippen molar-refractivity contribution >= 4 is 22.9 Å². The van der Waals surface area contributed by atoms with Crippen molar-refractivity contribution in [2.75, 3.05) is 13.1 Å². The number of carbonyl (C=O) groups is 1.